The number of thiophene rings is 1. The van der Waals surface area contributed by atoms with Crippen LogP contribution in [0.4, 0.5) is 0 Å². The van der Waals surface area contributed by atoms with Gasteiger partial charge in [-0.3, -0.25) is 10.1 Å². The number of thiazole rings is 1. The molecular formula is C41H53N5S2. The van der Waals surface area contributed by atoms with Gasteiger partial charge in [-0.1, -0.05) is 101 Å². The highest BCUT2D eigenvalue weighted by atomic mass is 32.1. The summed E-state index contributed by atoms with van der Waals surface area (Å²) in [5, 5.41) is 16.2. The van der Waals surface area contributed by atoms with Gasteiger partial charge in [0.25, 0.3) is 0 Å². The number of nitrogens with one attached hydrogen (secondary N) is 2. The van der Waals surface area contributed by atoms with Crippen LogP contribution in [0, 0.1) is 0 Å². The first kappa shape index (κ1) is 37.0. The highest BCUT2D eigenvalue weighted by Crippen LogP contribution is 2.32. The molecule has 5 nitrogen and oxygen atoms in total. The van der Waals surface area contributed by atoms with Crippen molar-refractivity contribution in [3.05, 3.63) is 112 Å². The van der Waals surface area contributed by atoms with Crippen LogP contribution in [0.2, 0.25) is 0 Å². The van der Waals surface area contributed by atoms with Gasteiger partial charge >= 0.3 is 0 Å². The molecular weight excluding hydrogens is 627 g/mol. The van der Waals surface area contributed by atoms with E-state index in [1.54, 1.807) is 17.5 Å². The Hall–Kier alpha value is -3.81. The van der Waals surface area contributed by atoms with Crippen molar-refractivity contribution in [2.24, 2.45) is 0 Å². The molecule has 7 heteroatoms. The number of rotatable bonds is 0. The third-order valence-corrected chi connectivity index (χ3v) is 10.1. The molecule has 5 aromatic heterocycles. The molecule has 0 amide bonds. The molecule has 48 heavy (non-hydrogen) atoms. The molecule has 0 bridgehead atoms. The number of aromatic amines is 2. The fourth-order valence-electron chi connectivity index (χ4n) is 5.22. The molecule has 0 unspecified atom stereocenters. The molecule has 0 spiro atoms. The van der Waals surface area contributed by atoms with Crippen LogP contribution in [-0.4, -0.2) is 25.1 Å². The van der Waals surface area contributed by atoms with Crippen LogP contribution in [0.25, 0.3) is 31.9 Å². The first-order valence-electron chi connectivity index (χ1n) is 16.6. The van der Waals surface area contributed by atoms with Crippen LogP contribution < -0.4 is 0 Å². The predicted molar refractivity (Wildman–Crippen MR) is 211 cm³/mol. The van der Waals surface area contributed by atoms with E-state index in [0.717, 1.165) is 5.52 Å². The fourth-order valence-corrected chi connectivity index (χ4v) is 6.76. The third-order valence-electron chi connectivity index (χ3n) is 7.97. The Morgan fingerprint density at radius 2 is 1.33 bits per heavy atom. The van der Waals surface area contributed by atoms with E-state index in [1.165, 1.54) is 48.1 Å². The van der Waals surface area contributed by atoms with Gasteiger partial charge < -0.3 is 4.98 Å². The summed E-state index contributed by atoms with van der Waals surface area (Å²) >= 11 is 3.54. The Balaban J connectivity index is 0.000000146. The van der Waals surface area contributed by atoms with Crippen LogP contribution in [0.1, 0.15) is 105 Å². The monoisotopic (exact) mass is 679 g/mol. The minimum Gasteiger partial charge on any atom is -0.361 e. The molecule has 0 aliphatic heterocycles. The van der Waals surface area contributed by atoms with E-state index < -0.39 is 0 Å². The van der Waals surface area contributed by atoms with Crippen molar-refractivity contribution in [1.82, 2.24) is 25.1 Å². The molecule has 2 aromatic carbocycles. The molecule has 0 saturated carbocycles. The highest BCUT2D eigenvalue weighted by Gasteiger charge is 2.18. The Morgan fingerprint density at radius 3 is 1.94 bits per heavy atom. The fraction of sp³-hybridized carbons (Fsp3) is 0.390. The lowest BCUT2D eigenvalue weighted by Gasteiger charge is -2.19. The van der Waals surface area contributed by atoms with Crippen molar-refractivity contribution in [3.8, 4) is 0 Å². The van der Waals surface area contributed by atoms with Crippen molar-refractivity contribution < 1.29 is 0 Å². The predicted octanol–water partition coefficient (Wildman–Crippen LogP) is 12.4. The van der Waals surface area contributed by atoms with Gasteiger partial charge in [-0.25, -0.2) is 4.98 Å². The molecule has 0 atom stereocenters. The van der Waals surface area contributed by atoms with Gasteiger partial charge in [0.2, 0.25) is 0 Å². The summed E-state index contributed by atoms with van der Waals surface area (Å²) < 4.78 is 1.40. The lowest BCUT2D eigenvalue weighted by Crippen LogP contribution is -2.11. The number of pyridine rings is 1. The Kier molecular flexibility index (Phi) is 11.4. The van der Waals surface area contributed by atoms with E-state index in [1.807, 2.05) is 41.5 Å². The lowest BCUT2D eigenvalue weighted by molar-refractivity contribution is 0.585. The SMILES string of the molecule is CC(C)(C)c1ccc2[nH]ccc2c1.CC(C)(C)c1cccc2sccc12.CC(C)(C)c1cncc2[nH]ncc12.CC(C)(C)c1nccs1. The van der Waals surface area contributed by atoms with Gasteiger partial charge in [-0.05, 0) is 79.4 Å². The molecule has 0 radical (unpaired) electrons. The first-order chi connectivity index (χ1) is 22.4. The van der Waals surface area contributed by atoms with E-state index in [2.05, 4.69) is 162 Å². The van der Waals surface area contributed by atoms with E-state index in [-0.39, 0.29) is 21.7 Å². The quantitative estimate of drug-likeness (QED) is 0.168. The topological polar surface area (TPSA) is 70.2 Å². The second-order valence-electron chi connectivity index (χ2n) is 16.3. The second kappa shape index (κ2) is 14.8. The van der Waals surface area contributed by atoms with Crippen LogP contribution in [0.3, 0.4) is 0 Å². The molecule has 2 N–H and O–H groups in total. The van der Waals surface area contributed by atoms with E-state index >= 15 is 0 Å². The second-order valence-corrected chi connectivity index (χ2v) is 18.1. The van der Waals surface area contributed by atoms with Gasteiger partial charge in [0.15, 0.2) is 0 Å². The molecule has 0 saturated heterocycles. The Labute approximate surface area is 295 Å². The number of hydrogen-bond donors (Lipinski definition) is 2. The van der Waals surface area contributed by atoms with Crippen molar-refractivity contribution in [2.75, 3.05) is 0 Å². The van der Waals surface area contributed by atoms with Crippen molar-refractivity contribution in [3.63, 3.8) is 0 Å². The number of fused-ring (bicyclic) bond motifs is 3. The molecule has 0 fully saturated rings. The average molecular weight is 680 g/mol. The molecule has 0 aliphatic carbocycles. The third kappa shape index (κ3) is 9.64. The maximum absolute atomic E-state index is 4.21. The number of nitrogens with zero attached hydrogens (tertiary/aromatic N) is 3. The van der Waals surface area contributed by atoms with Crippen LogP contribution in [0.5, 0.6) is 0 Å². The zero-order valence-corrected chi connectivity index (χ0v) is 32.5. The number of aromatic nitrogens is 5. The zero-order valence-electron chi connectivity index (χ0n) is 30.8. The zero-order chi connectivity index (χ0) is 35.3. The number of hydrogen-bond acceptors (Lipinski definition) is 5. The minimum absolute atomic E-state index is 0.121. The van der Waals surface area contributed by atoms with E-state index in [0.29, 0.717) is 0 Å². The summed E-state index contributed by atoms with van der Waals surface area (Å²) in [7, 11) is 0. The molecule has 7 aromatic rings. The first-order valence-corrected chi connectivity index (χ1v) is 18.3. The van der Waals surface area contributed by atoms with Crippen LogP contribution >= 0.6 is 22.7 Å². The largest absolute Gasteiger partial charge is 0.361 e. The highest BCUT2D eigenvalue weighted by molar-refractivity contribution is 7.17. The van der Waals surface area contributed by atoms with Crippen LogP contribution in [-0.2, 0) is 21.7 Å². The minimum atomic E-state index is 0.121. The smallest absolute Gasteiger partial charge is 0.0978 e. The summed E-state index contributed by atoms with van der Waals surface area (Å²) in [5.41, 5.74) is 7.14. The van der Waals surface area contributed by atoms with E-state index in [4.69, 9.17) is 0 Å². The van der Waals surface area contributed by atoms with Gasteiger partial charge in [0.05, 0.1) is 22.9 Å². The Morgan fingerprint density at radius 1 is 0.604 bits per heavy atom. The normalized spacial score (nSPS) is 12.2. The van der Waals surface area contributed by atoms with E-state index in [9.17, 15) is 0 Å². The van der Waals surface area contributed by atoms with Crippen molar-refractivity contribution in [1.29, 1.82) is 0 Å². The maximum Gasteiger partial charge on any atom is 0.0978 e. The Bertz CT molecular complexity index is 1930. The molecule has 7 rings (SSSR count). The molecule has 5 heterocycles. The molecule has 0 aliphatic rings. The van der Waals surface area contributed by atoms with Gasteiger partial charge in [-0.2, -0.15) is 5.10 Å². The van der Waals surface area contributed by atoms with Gasteiger partial charge in [0.1, 0.15) is 0 Å². The maximum atomic E-state index is 4.21. The standard InChI is InChI=1S/C12H15N.C12H14S.C10H13N3.C7H11NS/c1-12(2,3)10-4-5-11-9(8-10)6-7-13-11;1-12(2,3)10-5-4-6-11-9(10)7-8-13-11;1-10(2,3)8-5-11-6-9-7(8)4-12-13-9;1-7(2,3)6-8-4-5-9-6/h4-8,13H,1-3H3;4-8H,1-3H3;4-6H,1-3H3,(H,12,13);4-5H,1-3H3. The number of benzene rings is 2. The molecule has 254 valence electrons. The van der Waals surface area contributed by atoms with Crippen molar-refractivity contribution >= 4 is 54.6 Å². The van der Waals surface area contributed by atoms with Gasteiger partial charge in [-0.15, -0.1) is 22.7 Å². The lowest BCUT2D eigenvalue weighted by atomic mass is 9.85. The summed E-state index contributed by atoms with van der Waals surface area (Å²) in [4.78, 5) is 11.6. The number of H-pyrrole nitrogens is 2. The average Bonchev–Trinajstić information content (AvgIpc) is 3.82. The van der Waals surface area contributed by atoms with Crippen LogP contribution in [0.15, 0.2) is 90.3 Å². The summed E-state index contributed by atoms with van der Waals surface area (Å²) in [6, 6.07) is 17.5. The van der Waals surface area contributed by atoms with Crippen molar-refractivity contribution in [2.45, 2.75) is 105 Å². The summed E-state index contributed by atoms with van der Waals surface area (Å²) in [6.45, 7) is 26.5. The summed E-state index contributed by atoms with van der Waals surface area (Å²) in [5.74, 6) is 0. The summed E-state index contributed by atoms with van der Waals surface area (Å²) in [6.07, 6.45) is 9.41. The van der Waals surface area contributed by atoms with Gasteiger partial charge in [0, 0.05) is 45.0 Å².